The fourth-order valence-electron chi connectivity index (χ4n) is 2.25. The van der Waals surface area contributed by atoms with Crippen molar-refractivity contribution in [2.24, 2.45) is 0 Å². The Kier molecular flexibility index (Phi) is 7.29. The van der Waals surface area contributed by atoms with Crippen LogP contribution < -0.4 is 5.32 Å². The molecule has 0 saturated heterocycles. The van der Waals surface area contributed by atoms with Crippen LogP contribution in [-0.4, -0.2) is 29.8 Å². The Hall–Kier alpha value is -2.25. The molecule has 8 heteroatoms. The summed E-state index contributed by atoms with van der Waals surface area (Å²) in [5.41, 5.74) is -0.268. The van der Waals surface area contributed by atoms with Gasteiger partial charge in [0, 0.05) is 30.5 Å². The van der Waals surface area contributed by atoms with Crippen molar-refractivity contribution in [3.63, 3.8) is 0 Å². The first kappa shape index (κ1) is 20.1. The van der Waals surface area contributed by atoms with Crippen molar-refractivity contribution in [1.82, 2.24) is 10.2 Å². The maximum atomic E-state index is 13.6. The average Bonchev–Trinajstić information content (AvgIpc) is 2.99. The second-order valence-corrected chi connectivity index (χ2v) is 7.20. The van der Waals surface area contributed by atoms with E-state index < -0.39 is 17.5 Å². The molecule has 26 heavy (non-hydrogen) atoms. The molecule has 1 aromatic heterocycles. The third-order valence-electron chi connectivity index (χ3n) is 3.48. The zero-order valence-corrected chi connectivity index (χ0v) is 15.4. The molecule has 0 aliphatic rings. The number of rotatable bonds is 8. The number of thiophene rings is 1. The van der Waals surface area contributed by atoms with Gasteiger partial charge >= 0.3 is 0 Å². The van der Waals surface area contributed by atoms with Crippen LogP contribution in [0.15, 0.2) is 43.0 Å². The van der Waals surface area contributed by atoms with Crippen molar-refractivity contribution in [2.45, 2.75) is 13.0 Å². The molecule has 0 aliphatic carbocycles. The number of hydrogen-bond acceptors (Lipinski definition) is 3. The van der Waals surface area contributed by atoms with Crippen molar-refractivity contribution in [3.05, 3.63) is 69.4 Å². The molecule has 0 fully saturated rings. The molecule has 0 unspecified atom stereocenters. The lowest BCUT2D eigenvalue weighted by Gasteiger charge is -2.20. The third kappa shape index (κ3) is 5.64. The predicted molar refractivity (Wildman–Crippen MR) is 98.3 cm³/mol. The molecule has 1 aromatic carbocycles. The first-order valence-corrected chi connectivity index (χ1v) is 8.96. The molecule has 1 heterocycles. The number of amides is 2. The van der Waals surface area contributed by atoms with Crippen LogP contribution in [0.2, 0.25) is 4.34 Å². The van der Waals surface area contributed by atoms with Gasteiger partial charge in [-0.05, 0) is 24.3 Å². The largest absolute Gasteiger partial charge is 0.351 e. The van der Waals surface area contributed by atoms with E-state index in [0.29, 0.717) is 23.5 Å². The van der Waals surface area contributed by atoms with Gasteiger partial charge in [0.05, 0.1) is 16.4 Å². The summed E-state index contributed by atoms with van der Waals surface area (Å²) in [5.74, 6) is -2.59. The second-order valence-electron chi connectivity index (χ2n) is 5.40. The molecule has 1 N–H and O–H groups in total. The van der Waals surface area contributed by atoms with Crippen LogP contribution >= 0.6 is 22.9 Å². The highest BCUT2D eigenvalue weighted by Crippen LogP contribution is 2.22. The van der Waals surface area contributed by atoms with Crippen LogP contribution in [0.25, 0.3) is 0 Å². The Morgan fingerprint density at radius 1 is 1.27 bits per heavy atom. The molecule has 0 aliphatic heterocycles. The van der Waals surface area contributed by atoms with Gasteiger partial charge in [-0.15, -0.1) is 17.9 Å². The summed E-state index contributed by atoms with van der Waals surface area (Å²) >= 11 is 7.28. The van der Waals surface area contributed by atoms with Gasteiger partial charge in [0.15, 0.2) is 0 Å². The van der Waals surface area contributed by atoms with Gasteiger partial charge in [-0.1, -0.05) is 17.7 Å². The van der Waals surface area contributed by atoms with E-state index in [1.807, 2.05) is 6.07 Å². The van der Waals surface area contributed by atoms with Gasteiger partial charge in [-0.3, -0.25) is 9.59 Å². The van der Waals surface area contributed by atoms with E-state index >= 15 is 0 Å². The summed E-state index contributed by atoms with van der Waals surface area (Å²) in [4.78, 5) is 26.8. The topological polar surface area (TPSA) is 49.4 Å². The minimum atomic E-state index is -0.948. The molecule has 2 rings (SSSR count). The lowest BCUT2D eigenvalue weighted by Crippen LogP contribution is -2.34. The van der Waals surface area contributed by atoms with E-state index in [0.717, 1.165) is 17.0 Å². The highest BCUT2D eigenvalue weighted by Gasteiger charge is 2.16. The van der Waals surface area contributed by atoms with Gasteiger partial charge < -0.3 is 10.2 Å². The molecule has 0 spiro atoms. The lowest BCUT2D eigenvalue weighted by molar-refractivity contribution is -0.131. The van der Waals surface area contributed by atoms with Crippen molar-refractivity contribution in [3.8, 4) is 0 Å². The monoisotopic (exact) mass is 398 g/mol. The van der Waals surface area contributed by atoms with E-state index in [-0.39, 0.29) is 24.4 Å². The van der Waals surface area contributed by atoms with Crippen molar-refractivity contribution < 1.29 is 18.4 Å². The number of carbonyl (C=O) groups excluding carboxylic acids is 2. The second kappa shape index (κ2) is 9.45. The number of nitrogens with zero attached hydrogens (tertiary/aromatic N) is 1. The van der Waals surface area contributed by atoms with Crippen LogP contribution in [0.1, 0.15) is 21.7 Å². The summed E-state index contributed by atoms with van der Waals surface area (Å²) in [6.07, 6.45) is 1.65. The molecule has 0 atom stereocenters. The van der Waals surface area contributed by atoms with Crippen LogP contribution in [0, 0.1) is 11.6 Å². The van der Waals surface area contributed by atoms with Crippen LogP contribution in [0.3, 0.4) is 0 Å². The first-order valence-electron chi connectivity index (χ1n) is 7.77. The highest BCUT2D eigenvalue weighted by atomic mass is 35.5. The smallest absolute Gasteiger partial charge is 0.254 e. The number of carbonyl (C=O) groups is 2. The van der Waals surface area contributed by atoms with E-state index in [1.54, 1.807) is 17.0 Å². The zero-order chi connectivity index (χ0) is 19.1. The van der Waals surface area contributed by atoms with Gasteiger partial charge in [0.2, 0.25) is 5.91 Å². The maximum Gasteiger partial charge on any atom is 0.254 e. The predicted octanol–water partition coefficient (Wildman–Crippen LogP) is 4.01. The quantitative estimate of drug-likeness (QED) is 0.683. The molecular weight excluding hydrogens is 382 g/mol. The van der Waals surface area contributed by atoms with Gasteiger partial charge in [-0.2, -0.15) is 0 Å². The van der Waals surface area contributed by atoms with Crippen LogP contribution in [-0.2, 0) is 11.3 Å². The maximum absolute atomic E-state index is 13.6. The summed E-state index contributed by atoms with van der Waals surface area (Å²) in [5, 5.41) is 2.46. The summed E-state index contributed by atoms with van der Waals surface area (Å²) in [6.45, 7) is 4.42. The van der Waals surface area contributed by atoms with Crippen molar-refractivity contribution in [2.75, 3.05) is 13.1 Å². The number of nitrogens with one attached hydrogen (secondary N) is 1. The standard InChI is InChI=1S/C18H17ClF2N2O2S/c1-2-9-23(11-13-4-6-16(19)26-13)17(24)7-8-22-18(25)14-5-3-12(20)10-15(14)21/h2-6,10H,1,7-9,11H2,(H,22,25). The summed E-state index contributed by atoms with van der Waals surface area (Å²) in [6, 6.07) is 6.30. The fraction of sp³-hybridized carbons (Fsp3) is 0.222. The Bertz CT molecular complexity index is 810. The van der Waals surface area contributed by atoms with Crippen molar-refractivity contribution in [1.29, 1.82) is 0 Å². The fourth-order valence-corrected chi connectivity index (χ4v) is 3.35. The Balaban J connectivity index is 1.88. The normalized spacial score (nSPS) is 10.4. The molecule has 2 amide bonds. The minimum Gasteiger partial charge on any atom is -0.351 e. The Labute approximate surface area is 159 Å². The van der Waals surface area contributed by atoms with Gasteiger partial charge in [0.25, 0.3) is 5.91 Å². The lowest BCUT2D eigenvalue weighted by atomic mass is 10.2. The first-order chi connectivity index (χ1) is 12.4. The van der Waals surface area contributed by atoms with Gasteiger partial charge in [-0.25, -0.2) is 8.78 Å². The molecular formula is C18H17ClF2N2O2S. The molecule has 4 nitrogen and oxygen atoms in total. The number of halogens is 3. The SMILES string of the molecule is C=CCN(Cc1ccc(Cl)s1)C(=O)CCNC(=O)c1ccc(F)cc1F. The molecule has 2 aromatic rings. The minimum absolute atomic E-state index is 0.0350. The number of hydrogen-bond donors (Lipinski definition) is 1. The Morgan fingerprint density at radius 3 is 2.65 bits per heavy atom. The third-order valence-corrected chi connectivity index (χ3v) is 4.69. The Morgan fingerprint density at radius 2 is 2.04 bits per heavy atom. The van der Waals surface area contributed by atoms with E-state index in [2.05, 4.69) is 11.9 Å². The van der Waals surface area contributed by atoms with Crippen LogP contribution in [0.4, 0.5) is 8.78 Å². The summed E-state index contributed by atoms with van der Waals surface area (Å²) < 4.78 is 27.1. The van der Waals surface area contributed by atoms with E-state index in [4.69, 9.17) is 11.6 Å². The van der Waals surface area contributed by atoms with Gasteiger partial charge in [0.1, 0.15) is 11.6 Å². The number of benzene rings is 1. The summed E-state index contributed by atoms with van der Waals surface area (Å²) in [7, 11) is 0. The highest BCUT2D eigenvalue weighted by molar-refractivity contribution is 7.16. The van der Waals surface area contributed by atoms with E-state index in [9.17, 15) is 18.4 Å². The zero-order valence-electron chi connectivity index (χ0n) is 13.8. The molecule has 138 valence electrons. The molecule has 0 radical (unpaired) electrons. The average molecular weight is 399 g/mol. The molecule has 0 bridgehead atoms. The van der Waals surface area contributed by atoms with E-state index in [1.165, 1.54) is 11.3 Å². The van der Waals surface area contributed by atoms with Crippen molar-refractivity contribution >= 4 is 34.8 Å². The molecule has 0 saturated carbocycles. The van der Waals surface area contributed by atoms with Crippen LogP contribution in [0.5, 0.6) is 0 Å².